The molecule has 0 aliphatic heterocycles. The zero-order chi connectivity index (χ0) is 11.0. The van der Waals surface area contributed by atoms with E-state index in [1.165, 1.54) is 44.9 Å². The molecule has 3 rings (SSSR count). The van der Waals surface area contributed by atoms with E-state index in [0.717, 1.165) is 24.7 Å². The smallest absolute Gasteiger partial charge is 0.223 e. The maximum Gasteiger partial charge on any atom is 0.223 e. The molecule has 0 saturated heterocycles. The Kier molecular flexibility index (Phi) is 2.91. The molecule has 0 heterocycles. The van der Waals surface area contributed by atoms with Crippen LogP contribution in [0.4, 0.5) is 0 Å². The third-order valence-corrected chi connectivity index (χ3v) is 5.04. The Hall–Kier alpha value is -0.530. The summed E-state index contributed by atoms with van der Waals surface area (Å²) in [5.41, 5.74) is 0. The first-order valence-electron chi connectivity index (χ1n) is 7.13. The maximum absolute atomic E-state index is 12.1. The van der Waals surface area contributed by atoms with Crippen LogP contribution in [-0.4, -0.2) is 11.9 Å². The van der Waals surface area contributed by atoms with Crippen molar-refractivity contribution in [2.75, 3.05) is 0 Å². The first-order chi connectivity index (χ1) is 7.83. The van der Waals surface area contributed by atoms with Crippen LogP contribution in [0.3, 0.4) is 0 Å². The number of hydrogen-bond acceptors (Lipinski definition) is 1. The fraction of sp³-hybridized carbons (Fsp3) is 0.929. The lowest BCUT2D eigenvalue weighted by Crippen LogP contribution is -2.42. The van der Waals surface area contributed by atoms with Gasteiger partial charge in [-0.05, 0) is 43.9 Å². The molecular formula is C14H23NO. The molecule has 3 aliphatic rings. The molecule has 2 heteroatoms. The first kappa shape index (κ1) is 10.6. The average Bonchev–Trinajstić information content (AvgIpc) is 2.92. The summed E-state index contributed by atoms with van der Waals surface area (Å²) in [6.45, 7) is 0. The SMILES string of the molecule is O=C(N[C@H]1C[C@@H]2CC[C@@H]1C2)C1CCCCC1. The summed E-state index contributed by atoms with van der Waals surface area (Å²) in [5, 5.41) is 3.34. The minimum absolute atomic E-state index is 0.341. The lowest BCUT2D eigenvalue weighted by atomic mass is 9.87. The highest BCUT2D eigenvalue weighted by Crippen LogP contribution is 2.44. The Morgan fingerprint density at radius 1 is 0.938 bits per heavy atom. The van der Waals surface area contributed by atoms with Crippen molar-refractivity contribution in [3.05, 3.63) is 0 Å². The summed E-state index contributed by atoms with van der Waals surface area (Å²) in [6.07, 6.45) is 11.5. The highest BCUT2D eigenvalue weighted by molar-refractivity contribution is 5.79. The fourth-order valence-corrected chi connectivity index (χ4v) is 4.09. The molecule has 2 bridgehead atoms. The van der Waals surface area contributed by atoms with E-state index in [4.69, 9.17) is 0 Å². The van der Waals surface area contributed by atoms with E-state index in [0.29, 0.717) is 17.9 Å². The molecule has 1 N–H and O–H groups in total. The summed E-state index contributed by atoms with van der Waals surface area (Å²) in [4.78, 5) is 12.1. The lowest BCUT2D eigenvalue weighted by molar-refractivity contribution is -0.127. The third kappa shape index (κ3) is 1.99. The molecule has 3 saturated carbocycles. The topological polar surface area (TPSA) is 29.1 Å². The summed E-state index contributed by atoms with van der Waals surface area (Å²) in [6, 6.07) is 0.535. The molecule has 90 valence electrons. The van der Waals surface area contributed by atoms with Gasteiger partial charge in [-0.1, -0.05) is 25.7 Å². The monoisotopic (exact) mass is 221 g/mol. The third-order valence-electron chi connectivity index (χ3n) is 5.04. The van der Waals surface area contributed by atoms with Crippen molar-refractivity contribution in [3.63, 3.8) is 0 Å². The molecule has 3 atom stereocenters. The zero-order valence-corrected chi connectivity index (χ0v) is 10.1. The Balaban J connectivity index is 1.52. The van der Waals surface area contributed by atoms with Gasteiger partial charge >= 0.3 is 0 Å². The van der Waals surface area contributed by atoms with Crippen LogP contribution in [0.2, 0.25) is 0 Å². The summed E-state index contributed by atoms with van der Waals surface area (Å²) >= 11 is 0. The molecular weight excluding hydrogens is 198 g/mol. The van der Waals surface area contributed by atoms with Gasteiger partial charge in [-0.2, -0.15) is 0 Å². The molecule has 3 fully saturated rings. The van der Waals surface area contributed by atoms with Gasteiger partial charge in [0.1, 0.15) is 0 Å². The number of carbonyl (C=O) groups excluding carboxylic acids is 1. The van der Waals surface area contributed by atoms with Gasteiger partial charge in [-0.15, -0.1) is 0 Å². The van der Waals surface area contributed by atoms with Crippen molar-refractivity contribution < 1.29 is 4.79 Å². The predicted octanol–water partition coefficient (Wildman–Crippen LogP) is 2.87. The molecule has 0 aromatic rings. The largest absolute Gasteiger partial charge is 0.353 e. The van der Waals surface area contributed by atoms with Gasteiger partial charge in [-0.25, -0.2) is 0 Å². The van der Waals surface area contributed by atoms with Crippen LogP contribution < -0.4 is 5.32 Å². The Labute approximate surface area is 98.2 Å². The molecule has 0 aromatic heterocycles. The summed E-state index contributed by atoms with van der Waals surface area (Å²) in [5.74, 6) is 2.46. The molecule has 3 aliphatic carbocycles. The number of amides is 1. The van der Waals surface area contributed by atoms with Crippen LogP contribution in [-0.2, 0) is 4.79 Å². The highest BCUT2D eigenvalue weighted by Gasteiger charge is 2.40. The van der Waals surface area contributed by atoms with E-state index in [-0.39, 0.29) is 0 Å². The molecule has 0 unspecified atom stereocenters. The number of rotatable bonds is 2. The van der Waals surface area contributed by atoms with Crippen molar-refractivity contribution in [3.8, 4) is 0 Å². The minimum Gasteiger partial charge on any atom is -0.353 e. The van der Waals surface area contributed by atoms with Crippen LogP contribution in [0.15, 0.2) is 0 Å². The maximum atomic E-state index is 12.1. The molecule has 0 aromatic carbocycles. The summed E-state index contributed by atoms with van der Waals surface area (Å²) in [7, 11) is 0. The summed E-state index contributed by atoms with van der Waals surface area (Å²) < 4.78 is 0. The Bertz CT molecular complexity index is 270. The van der Waals surface area contributed by atoms with Gasteiger partial charge in [0.2, 0.25) is 5.91 Å². The highest BCUT2D eigenvalue weighted by atomic mass is 16.1. The molecule has 0 spiro atoms. The molecule has 16 heavy (non-hydrogen) atoms. The van der Waals surface area contributed by atoms with E-state index in [9.17, 15) is 4.79 Å². The van der Waals surface area contributed by atoms with Crippen molar-refractivity contribution in [1.29, 1.82) is 0 Å². The Morgan fingerprint density at radius 2 is 1.75 bits per heavy atom. The molecule has 0 radical (unpaired) electrons. The van der Waals surface area contributed by atoms with E-state index < -0.39 is 0 Å². The van der Waals surface area contributed by atoms with Crippen molar-refractivity contribution in [2.24, 2.45) is 17.8 Å². The predicted molar refractivity (Wildman–Crippen MR) is 64.0 cm³/mol. The number of fused-ring (bicyclic) bond motifs is 2. The number of carbonyl (C=O) groups is 1. The van der Waals surface area contributed by atoms with Crippen LogP contribution in [0, 0.1) is 17.8 Å². The second-order valence-corrected chi connectivity index (χ2v) is 6.12. The second-order valence-electron chi connectivity index (χ2n) is 6.12. The lowest BCUT2D eigenvalue weighted by Gasteiger charge is -2.27. The normalized spacial score (nSPS) is 38.9. The standard InChI is InChI=1S/C14H23NO/c16-14(11-4-2-1-3-5-11)15-13-9-10-6-7-12(13)8-10/h10-13H,1-9H2,(H,15,16)/t10-,12-,13+/m1/s1. The van der Waals surface area contributed by atoms with Crippen LogP contribution in [0.25, 0.3) is 0 Å². The number of hydrogen-bond donors (Lipinski definition) is 1. The van der Waals surface area contributed by atoms with Gasteiger partial charge in [0.05, 0.1) is 0 Å². The first-order valence-corrected chi connectivity index (χ1v) is 7.13. The van der Waals surface area contributed by atoms with E-state index in [1.807, 2.05) is 0 Å². The molecule has 1 amide bonds. The van der Waals surface area contributed by atoms with Crippen molar-refractivity contribution in [1.82, 2.24) is 5.32 Å². The number of nitrogens with one attached hydrogen (secondary N) is 1. The van der Waals surface area contributed by atoms with Crippen LogP contribution >= 0.6 is 0 Å². The van der Waals surface area contributed by atoms with Gasteiger partial charge in [0.25, 0.3) is 0 Å². The second kappa shape index (κ2) is 4.38. The quantitative estimate of drug-likeness (QED) is 0.763. The van der Waals surface area contributed by atoms with E-state index >= 15 is 0 Å². The average molecular weight is 221 g/mol. The fourth-order valence-electron chi connectivity index (χ4n) is 4.09. The van der Waals surface area contributed by atoms with Gasteiger partial charge in [0.15, 0.2) is 0 Å². The van der Waals surface area contributed by atoms with Crippen molar-refractivity contribution in [2.45, 2.75) is 63.8 Å². The van der Waals surface area contributed by atoms with Gasteiger partial charge in [0, 0.05) is 12.0 Å². The van der Waals surface area contributed by atoms with Crippen LogP contribution in [0.1, 0.15) is 57.8 Å². The minimum atomic E-state index is 0.341. The Morgan fingerprint density at radius 3 is 2.38 bits per heavy atom. The van der Waals surface area contributed by atoms with Crippen molar-refractivity contribution >= 4 is 5.91 Å². The molecule has 2 nitrogen and oxygen atoms in total. The van der Waals surface area contributed by atoms with E-state index in [1.54, 1.807) is 0 Å². The van der Waals surface area contributed by atoms with Crippen LogP contribution in [0.5, 0.6) is 0 Å². The van der Waals surface area contributed by atoms with Gasteiger partial charge < -0.3 is 5.32 Å². The van der Waals surface area contributed by atoms with Gasteiger partial charge in [-0.3, -0.25) is 4.79 Å². The van der Waals surface area contributed by atoms with E-state index in [2.05, 4.69) is 5.32 Å². The zero-order valence-electron chi connectivity index (χ0n) is 10.1.